The van der Waals surface area contributed by atoms with Gasteiger partial charge in [0.25, 0.3) is 5.91 Å². The van der Waals surface area contributed by atoms with Gasteiger partial charge in [-0.25, -0.2) is 4.98 Å². The Morgan fingerprint density at radius 2 is 1.93 bits per heavy atom. The molecule has 0 radical (unpaired) electrons. The number of nitrogens with one attached hydrogen (secondary N) is 1. The van der Waals surface area contributed by atoms with E-state index in [0.29, 0.717) is 16.7 Å². The van der Waals surface area contributed by atoms with Crippen LogP contribution in [0.3, 0.4) is 0 Å². The number of oxazole rings is 1. The van der Waals surface area contributed by atoms with E-state index < -0.39 is 0 Å². The Hall–Kier alpha value is -2.44. The molecule has 0 fully saturated rings. The van der Waals surface area contributed by atoms with Crippen LogP contribution in [0.1, 0.15) is 34.9 Å². The van der Waals surface area contributed by atoms with Gasteiger partial charge in [-0.15, -0.1) is 11.8 Å². The predicted octanol–water partition coefficient (Wildman–Crippen LogP) is 5.12. The fourth-order valence-electron chi connectivity index (χ4n) is 2.40. The number of carbonyl (C=O) groups is 1. The summed E-state index contributed by atoms with van der Waals surface area (Å²) in [5.41, 5.74) is 1.17. The summed E-state index contributed by atoms with van der Waals surface area (Å²) in [6.07, 6.45) is 3.35. The molecule has 0 aliphatic rings. The number of hydrogen-bond acceptors (Lipinski definition) is 5. The van der Waals surface area contributed by atoms with Crippen molar-refractivity contribution in [3.63, 3.8) is 0 Å². The van der Waals surface area contributed by atoms with E-state index >= 15 is 0 Å². The third-order valence-corrected chi connectivity index (χ3v) is 4.92. The van der Waals surface area contributed by atoms with Crippen molar-refractivity contribution >= 4 is 29.3 Å². The molecular formula is C20H19ClN2O3S. The molecule has 140 valence electrons. The number of benzene rings is 2. The maximum atomic E-state index is 12.4. The van der Waals surface area contributed by atoms with Crippen LogP contribution in [-0.4, -0.2) is 17.1 Å². The highest BCUT2D eigenvalue weighted by Crippen LogP contribution is 2.20. The Balaban J connectivity index is 1.55. The number of thioether (sulfide) groups is 1. The molecule has 0 saturated carbocycles. The lowest BCUT2D eigenvalue weighted by molar-refractivity contribution is 0.0934. The van der Waals surface area contributed by atoms with Gasteiger partial charge in [0.15, 0.2) is 12.3 Å². The molecule has 7 heteroatoms. The van der Waals surface area contributed by atoms with E-state index in [4.69, 9.17) is 20.8 Å². The van der Waals surface area contributed by atoms with Crippen molar-refractivity contribution < 1.29 is 13.9 Å². The number of rotatable bonds is 7. The number of amides is 1. The topological polar surface area (TPSA) is 64.4 Å². The van der Waals surface area contributed by atoms with E-state index in [-0.39, 0.29) is 24.2 Å². The maximum Gasteiger partial charge on any atom is 0.273 e. The minimum atomic E-state index is -0.309. The van der Waals surface area contributed by atoms with Crippen LogP contribution < -0.4 is 10.1 Å². The van der Waals surface area contributed by atoms with Crippen molar-refractivity contribution in [1.29, 1.82) is 0 Å². The van der Waals surface area contributed by atoms with E-state index in [9.17, 15) is 4.79 Å². The summed E-state index contributed by atoms with van der Waals surface area (Å²) in [5, 5.41) is 3.54. The van der Waals surface area contributed by atoms with Crippen LogP contribution in [0.5, 0.6) is 5.75 Å². The first-order valence-electron chi connectivity index (χ1n) is 8.32. The molecule has 2 aromatic carbocycles. The smallest absolute Gasteiger partial charge is 0.273 e. The van der Waals surface area contributed by atoms with Crippen LogP contribution in [0, 0.1) is 0 Å². The molecule has 1 amide bonds. The lowest BCUT2D eigenvalue weighted by Crippen LogP contribution is -2.26. The first kappa shape index (κ1) is 19.3. The number of halogens is 1. The third-order valence-electron chi connectivity index (χ3n) is 3.92. The fourth-order valence-corrected chi connectivity index (χ4v) is 2.94. The Bertz CT molecular complexity index is 894. The summed E-state index contributed by atoms with van der Waals surface area (Å²) in [7, 11) is 0. The summed E-state index contributed by atoms with van der Waals surface area (Å²) in [4.78, 5) is 17.7. The quantitative estimate of drug-likeness (QED) is 0.555. The molecule has 0 spiro atoms. The number of ether oxygens (including phenoxy) is 1. The number of carbonyl (C=O) groups excluding carboxylic acids is 1. The van der Waals surface area contributed by atoms with Crippen molar-refractivity contribution in [2.45, 2.75) is 24.5 Å². The molecular weight excluding hydrogens is 384 g/mol. The van der Waals surface area contributed by atoms with Crippen molar-refractivity contribution in [2.75, 3.05) is 6.26 Å². The zero-order valence-electron chi connectivity index (χ0n) is 14.9. The summed E-state index contributed by atoms with van der Waals surface area (Å²) < 4.78 is 11.0. The highest BCUT2D eigenvalue weighted by atomic mass is 35.5. The number of hydrogen-bond donors (Lipinski definition) is 1. The highest BCUT2D eigenvalue weighted by Gasteiger charge is 2.16. The molecule has 1 N–H and O–H groups in total. The molecule has 3 aromatic rings. The monoisotopic (exact) mass is 402 g/mol. The van der Waals surface area contributed by atoms with Gasteiger partial charge in [-0.3, -0.25) is 4.79 Å². The zero-order chi connectivity index (χ0) is 19.2. The van der Waals surface area contributed by atoms with Crippen LogP contribution in [0.15, 0.2) is 64.1 Å². The molecule has 1 atom stereocenters. The molecule has 1 heterocycles. The second kappa shape index (κ2) is 8.97. The molecule has 1 aromatic heterocycles. The SMILES string of the molecule is CSc1ccc(OCc2nc(C(=O)N[C@H](C)c3ccc(Cl)cc3)co2)cc1. The summed E-state index contributed by atoms with van der Waals surface area (Å²) in [5.74, 6) is 0.748. The largest absolute Gasteiger partial charge is 0.484 e. The first-order chi connectivity index (χ1) is 13.0. The van der Waals surface area contributed by atoms with Crippen molar-refractivity contribution in [2.24, 2.45) is 0 Å². The summed E-state index contributed by atoms with van der Waals surface area (Å²) >= 11 is 7.55. The van der Waals surface area contributed by atoms with E-state index in [1.165, 1.54) is 6.26 Å². The molecule has 0 aliphatic heterocycles. The average Bonchev–Trinajstić information content (AvgIpc) is 3.16. The standard InChI is InChI=1S/C20H19ClN2O3S/c1-13(14-3-5-15(21)6-4-14)22-20(24)18-11-26-19(23-18)12-25-16-7-9-17(27-2)10-8-16/h3-11,13H,12H2,1-2H3,(H,22,24)/t13-/m1/s1. The minimum Gasteiger partial charge on any atom is -0.484 e. The lowest BCUT2D eigenvalue weighted by Gasteiger charge is -2.13. The van der Waals surface area contributed by atoms with Crippen LogP contribution in [0.2, 0.25) is 5.02 Å². The van der Waals surface area contributed by atoms with Gasteiger partial charge in [-0.1, -0.05) is 23.7 Å². The van der Waals surface area contributed by atoms with Gasteiger partial charge in [-0.2, -0.15) is 0 Å². The lowest BCUT2D eigenvalue weighted by atomic mass is 10.1. The Labute approximate surface area is 167 Å². The van der Waals surface area contributed by atoms with Crippen LogP contribution in [-0.2, 0) is 6.61 Å². The predicted molar refractivity (Wildman–Crippen MR) is 106 cm³/mol. The Morgan fingerprint density at radius 1 is 1.22 bits per heavy atom. The molecule has 0 aliphatic carbocycles. The second-order valence-corrected chi connectivity index (χ2v) is 7.15. The molecule has 3 rings (SSSR count). The molecule has 0 unspecified atom stereocenters. The molecule has 5 nitrogen and oxygen atoms in total. The van der Waals surface area contributed by atoms with Gasteiger partial charge in [0.05, 0.1) is 6.04 Å². The van der Waals surface area contributed by atoms with Crippen LogP contribution in [0.25, 0.3) is 0 Å². The maximum absolute atomic E-state index is 12.4. The molecule has 0 saturated heterocycles. The average molecular weight is 403 g/mol. The van der Waals surface area contributed by atoms with Gasteiger partial charge < -0.3 is 14.5 Å². The van der Waals surface area contributed by atoms with Crippen LogP contribution in [0.4, 0.5) is 0 Å². The van der Waals surface area contributed by atoms with E-state index in [1.807, 2.05) is 49.6 Å². The fraction of sp³-hybridized carbons (Fsp3) is 0.200. The van der Waals surface area contributed by atoms with Gasteiger partial charge in [0, 0.05) is 9.92 Å². The number of aromatic nitrogens is 1. The number of nitrogens with zero attached hydrogens (tertiary/aromatic N) is 1. The Morgan fingerprint density at radius 3 is 2.59 bits per heavy atom. The van der Waals surface area contributed by atoms with Crippen molar-refractivity contribution in [3.05, 3.63) is 77.0 Å². The third kappa shape index (κ3) is 5.28. The normalized spacial score (nSPS) is 11.8. The molecule has 0 bridgehead atoms. The summed E-state index contributed by atoms with van der Waals surface area (Å²) in [6, 6.07) is 14.9. The highest BCUT2D eigenvalue weighted by molar-refractivity contribution is 7.98. The van der Waals surface area contributed by atoms with Crippen molar-refractivity contribution in [1.82, 2.24) is 10.3 Å². The van der Waals surface area contributed by atoms with Gasteiger partial charge in [0.2, 0.25) is 5.89 Å². The van der Waals surface area contributed by atoms with Gasteiger partial charge in [-0.05, 0) is 55.1 Å². The Kier molecular flexibility index (Phi) is 6.42. The van der Waals surface area contributed by atoms with E-state index in [0.717, 1.165) is 10.5 Å². The summed E-state index contributed by atoms with van der Waals surface area (Å²) in [6.45, 7) is 2.04. The van der Waals surface area contributed by atoms with Crippen LogP contribution >= 0.6 is 23.4 Å². The first-order valence-corrected chi connectivity index (χ1v) is 9.93. The van der Waals surface area contributed by atoms with Gasteiger partial charge >= 0.3 is 0 Å². The zero-order valence-corrected chi connectivity index (χ0v) is 16.5. The van der Waals surface area contributed by atoms with Crippen molar-refractivity contribution in [3.8, 4) is 5.75 Å². The van der Waals surface area contributed by atoms with E-state index in [2.05, 4.69) is 10.3 Å². The molecule has 27 heavy (non-hydrogen) atoms. The second-order valence-electron chi connectivity index (χ2n) is 5.84. The van der Waals surface area contributed by atoms with Gasteiger partial charge in [0.1, 0.15) is 12.0 Å². The van der Waals surface area contributed by atoms with E-state index in [1.54, 1.807) is 23.9 Å². The minimum absolute atomic E-state index is 0.151.